The molecule has 0 N–H and O–H groups in total. The zero-order chi connectivity index (χ0) is 22.7. The minimum absolute atomic E-state index is 0.118. The molecule has 1 fully saturated rings. The Labute approximate surface area is 191 Å². The Hall–Kier alpha value is -3.32. The summed E-state index contributed by atoms with van der Waals surface area (Å²) in [5, 5.41) is 0.382. The molecule has 1 amide bonds. The lowest BCUT2D eigenvalue weighted by molar-refractivity contribution is -0.130. The first-order valence-corrected chi connectivity index (χ1v) is 10.8. The summed E-state index contributed by atoms with van der Waals surface area (Å²) < 4.78 is 16.4. The van der Waals surface area contributed by atoms with E-state index in [1.54, 1.807) is 35.2 Å². The topological polar surface area (TPSA) is 77.4 Å². The van der Waals surface area contributed by atoms with Crippen molar-refractivity contribution < 1.29 is 23.8 Å². The number of aliphatic imine (C=N–C) groups is 1. The molecule has 32 heavy (non-hydrogen) atoms. The van der Waals surface area contributed by atoms with Crippen LogP contribution in [0.15, 0.2) is 47.1 Å². The summed E-state index contributed by atoms with van der Waals surface area (Å²) in [7, 11) is 1.53. The number of nitrogens with zero attached hydrogens (tertiary/aromatic N) is 2. The summed E-state index contributed by atoms with van der Waals surface area (Å²) in [5.41, 5.74) is 2.26. The number of carbonyl (C=O) groups is 2. The molecule has 7 nitrogen and oxygen atoms in total. The molecule has 8 heteroatoms. The Morgan fingerprint density at radius 3 is 2.66 bits per heavy atom. The molecule has 0 aromatic heterocycles. The molecule has 1 saturated heterocycles. The first-order chi connectivity index (χ1) is 15.5. The van der Waals surface area contributed by atoms with E-state index in [0.717, 1.165) is 25.1 Å². The van der Waals surface area contributed by atoms with Gasteiger partial charge in [-0.3, -0.25) is 4.79 Å². The molecule has 166 valence electrons. The quantitative estimate of drug-likeness (QED) is 0.451. The highest BCUT2D eigenvalue weighted by Crippen LogP contribution is 2.37. The lowest BCUT2D eigenvalue weighted by Crippen LogP contribution is -2.23. The Morgan fingerprint density at radius 1 is 1.22 bits per heavy atom. The van der Waals surface area contributed by atoms with Gasteiger partial charge in [0.15, 0.2) is 17.2 Å². The summed E-state index contributed by atoms with van der Waals surface area (Å²) in [6, 6.07) is 10.6. The fourth-order valence-electron chi connectivity index (χ4n) is 3.56. The molecular formula is C24H23ClN2O5. The first-order valence-electron chi connectivity index (χ1n) is 10.4. The Kier molecular flexibility index (Phi) is 6.46. The Balaban J connectivity index is 1.57. The lowest BCUT2D eigenvalue weighted by Gasteiger charge is -2.15. The minimum Gasteiger partial charge on any atom is -0.493 e. The van der Waals surface area contributed by atoms with Crippen LogP contribution in [0.3, 0.4) is 0 Å². The summed E-state index contributed by atoms with van der Waals surface area (Å²) in [4.78, 5) is 30.4. The maximum atomic E-state index is 12.4. The Bertz CT molecular complexity index is 1110. The van der Waals surface area contributed by atoms with Crippen molar-refractivity contribution >= 4 is 41.1 Å². The molecule has 2 aliphatic rings. The van der Waals surface area contributed by atoms with Crippen LogP contribution < -0.4 is 14.4 Å². The van der Waals surface area contributed by atoms with E-state index in [9.17, 15) is 9.59 Å². The van der Waals surface area contributed by atoms with Gasteiger partial charge in [0, 0.05) is 24.2 Å². The van der Waals surface area contributed by atoms with Gasteiger partial charge in [0.05, 0.1) is 18.7 Å². The van der Waals surface area contributed by atoms with Crippen molar-refractivity contribution in [3.05, 3.63) is 58.2 Å². The minimum atomic E-state index is -0.555. The molecule has 2 aliphatic heterocycles. The van der Waals surface area contributed by atoms with Gasteiger partial charge in [0.25, 0.3) is 0 Å². The predicted octanol–water partition coefficient (Wildman–Crippen LogP) is 4.61. The summed E-state index contributed by atoms with van der Waals surface area (Å²) in [6.07, 6.45) is 3.86. The molecule has 0 unspecified atom stereocenters. The molecular weight excluding hydrogens is 432 g/mol. The number of hydrogen-bond acceptors (Lipinski definition) is 6. The van der Waals surface area contributed by atoms with Gasteiger partial charge in [-0.05, 0) is 60.9 Å². The van der Waals surface area contributed by atoms with Gasteiger partial charge >= 0.3 is 5.97 Å². The fraction of sp³-hybridized carbons (Fsp3) is 0.292. The third-order valence-electron chi connectivity index (χ3n) is 5.13. The van der Waals surface area contributed by atoms with Crippen LogP contribution in [-0.4, -0.2) is 38.0 Å². The highest BCUT2D eigenvalue weighted by Gasteiger charge is 2.26. The Morgan fingerprint density at radius 2 is 2.00 bits per heavy atom. The number of halogens is 1. The SMILES string of the molecule is CCCOc1c(Cl)cc(C=C2N=C(c3ccc(N4CCCC4=O)cc3)OC2=O)cc1OC. The van der Waals surface area contributed by atoms with Gasteiger partial charge in [-0.1, -0.05) is 18.5 Å². The maximum absolute atomic E-state index is 12.4. The van der Waals surface area contributed by atoms with Gasteiger partial charge in [-0.15, -0.1) is 0 Å². The number of rotatable bonds is 7. The molecule has 0 aliphatic carbocycles. The highest BCUT2D eigenvalue weighted by molar-refractivity contribution is 6.32. The van der Waals surface area contributed by atoms with Crippen LogP contribution in [0.4, 0.5) is 5.69 Å². The van der Waals surface area contributed by atoms with Crippen molar-refractivity contribution in [2.75, 3.05) is 25.2 Å². The van der Waals surface area contributed by atoms with Crippen LogP contribution in [0.25, 0.3) is 6.08 Å². The first kappa shape index (κ1) is 21.9. The number of methoxy groups -OCH3 is 1. The smallest absolute Gasteiger partial charge is 0.363 e. The molecule has 2 aromatic rings. The van der Waals surface area contributed by atoms with Gasteiger partial charge in [-0.2, -0.15) is 0 Å². The average molecular weight is 455 g/mol. The fourth-order valence-corrected chi connectivity index (χ4v) is 3.84. The summed E-state index contributed by atoms with van der Waals surface area (Å²) in [5.74, 6) is 0.711. The number of esters is 1. The molecule has 2 heterocycles. The largest absolute Gasteiger partial charge is 0.493 e. The third-order valence-corrected chi connectivity index (χ3v) is 5.41. The number of ether oxygens (including phenoxy) is 3. The zero-order valence-corrected chi connectivity index (χ0v) is 18.6. The number of anilines is 1. The summed E-state index contributed by atoms with van der Waals surface area (Å²) in [6.45, 7) is 3.23. The van der Waals surface area contributed by atoms with Crippen molar-refractivity contribution in [3.8, 4) is 11.5 Å². The lowest BCUT2D eigenvalue weighted by atomic mass is 10.1. The van der Waals surface area contributed by atoms with Crippen LogP contribution in [0.2, 0.25) is 5.02 Å². The third kappa shape index (κ3) is 4.48. The monoisotopic (exact) mass is 454 g/mol. The molecule has 0 spiro atoms. The maximum Gasteiger partial charge on any atom is 0.363 e. The number of benzene rings is 2. The van der Waals surface area contributed by atoms with Gasteiger partial charge < -0.3 is 19.1 Å². The van der Waals surface area contributed by atoms with Gasteiger partial charge in [0.1, 0.15) is 0 Å². The van der Waals surface area contributed by atoms with Crippen molar-refractivity contribution in [1.29, 1.82) is 0 Å². The van der Waals surface area contributed by atoms with Crippen molar-refractivity contribution in [2.24, 2.45) is 4.99 Å². The van der Waals surface area contributed by atoms with Crippen LogP contribution in [0, 0.1) is 0 Å². The number of cyclic esters (lactones) is 1. The molecule has 4 rings (SSSR count). The second-order valence-electron chi connectivity index (χ2n) is 7.41. The number of carbonyl (C=O) groups excluding carboxylic acids is 2. The van der Waals surface area contributed by atoms with Gasteiger partial charge in [-0.25, -0.2) is 9.79 Å². The second kappa shape index (κ2) is 9.44. The number of hydrogen-bond donors (Lipinski definition) is 0. The van der Waals surface area contributed by atoms with Gasteiger partial charge in [0.2, 0.25) is 11.8 Å². The molecule has 0 radical (unpaired) electrons. The van der Waals surface area contributed by atoms with Crippen molar-refractivity contribution in [2.45, 2.75) is 26.2 Å². The van der Waals surface area contributed by atoms with E-state index in [2.05, 4.69) is 4.99 Å². The van der Waals surface area contributed by atoms with E-state index >= 15 is 0 Å². The second-order valence-corrected chi connectivity index (χ2v) is 7.82. The molecule has 0 saturated carbocycles. The highest BCUT2D eigenvalue weighted by atomic mass is 35.5. The van der Waals surface area contributed by atoms with Crippen LogP contribution in [0.1, 0.15) is 37.3 Å². The normalized spacial score (nSPS) is 17.0. The predicted molar refractivity (Wildman–Crippen MR) is 122 cm³/mol. The van der Waals surface area contributed by atoms with E-state index in [-0.39, 0.29) is 17.5 Å². The molecule has 0 atom stereocenters. The van der Waals surface area contributed by atoms with E-state index in [1.807, 2.05) is 19.1 Å². The van der Waals surface area contributed by atoms with Crippen LogP contribution in [0.5, 0.6) is 11.5 Å². The van der Waals surface area contributed by atoms with E-state index in [0.29, 0.717) is 40.7 Å². The van der Waals surface area contributed by atoms with Crippen molar-refractivity contribution in [3.63, 3.8) is 0 Å². The molecule has 2 aromatic carbocycles. The molecule has 0 bridgehead atoms. The zero-order valence-electron chi connectivity index (χ0n) is 17.9. The van der Waals surface area contributed by atoms with Crippen LogP contribution >= 0.6 is 11.6 Å². The van der Waals surface area contributed by atoms with Crippen LogP contribution in [-0.2, 0) is 14.3 Å². The van der Waals surface area contributed by atoms with E-state index in [4.69, 9.17) is 25.8 Å². The van der Waals surface area contributed by atoms with E-state index < -0.39 is 5.97 Å². The summed E-state index contributed by atoms with van der Waals surface area (Å²) >= 11 is 6.36. The number of amides is 1. The standard InChI is InChI=1S/C24H23ClN2O5/c1-3-11-31-22-18(25)12-15(14-20(22)30-2)13-19-24(29)32-23(26-19)16-6-8-17(9-7-16)27-10-4-5-21(27)28/h6-9,12-14H,3-5,10-11H2,1-2H3. The van der Waals surface area contributed by atoms with E-state index in [1.165, 1.54) is 7.11 Å². The average Bonchev–Trinajstić information content (AvgIpc) is 3.38. The van der Waals surface area contributed by atoms with Crippen molar-refractivity contribution in [1.82, 2.24) is 0 Å².